The average Bonchev–Trinajstić information content (AvgIpc) is 2.04. The molecule has 0 bridgehead atoms. The summed E-state index contributed by atoms with van der Waals surface area (Å²) in [4.78, 5) is 0. The molecule has 0 heterocycles. The van der Waals surface area contributed by atoms with Gasteiger partial charge in [0.25, 0.3) is 0 Å². The van der Waals surface area contributed by atoms with Crippen LogP contribution < -0.4 is 0 Å². The summed E-state index contributed by atoms with van der Waals surface area (Å²) in [5.41, 5.74) is 2.66. The SMILES string of the molecule is [CH2]C(C)c1cccc(CC)c1Br. The second kappa shape index (κ2) is 4.08. The topological polar surface area (TPSA) is 0 Å². The van der Waals surface area contributed by atoms with E-state index in [0.29, 0.717) is 5.92 Å². The maximum absolute atomic E-state index is 4.01. The molecule has 0 spiro atoms. The Hall–Kier alpha value is -0.300. The van der Waals surface area contributed by atoms with Gasteiger partial charge >= 0.3 is 0 Å². The van der Waals surface area contributed by atoms with Crippen LogP contribution in [0.3, 0.4) is 0 Å². The molecule has 1 unspecified atom stereocenters. The Labute approximate surface area is 83.1 Å². The number of halogens is 1. The van der Waals surface area contributed by atoms with Gasteiger partial charge in [0.2, 0.25) is 0 Å². The predicted molar refractivity (Wildman–Crippen MR) is 57.3 cm³/mol. The highest BCUT2D eigenvalue weighted by Crippen LogP contribution is 2.27. The molecule has 1 aromatic carbocycles. The summed E-state index contributed by atoms with van der Waals surface area (Å²) in [6.45, 7) is 8.29. The molecular weight excluding hydrogens is 212 g/mol. The monoisotopic (exact) mass is 225 g/mol. The molecule has 0 N–H and O–H groups in total. The Balaban J connectivity index is 3.14. The summed E-state index contributed by atoms with van der Waals surface area (Å²) in [5.74, 6) is 0.353. The first-order chi connectivity index (χ1) is 5.66. The van der Waals surface area contributed by atoms with Crippen LogP contribution in [0.1, 0.15) is 30.9 Å². The lowest BCUT2D eigenvalue weighted by molar-refractivity contribution is 0.944. The summed E-state index contributed by atoms with van der Waals surface area (Å²) in [6, 6.07) is 6.37. The van der Waals surface area contributed by atoms with Crippen LogP contribution in [-0.2, 0) is 6.42 Å². The quantitative estimate of drug-likeness (QED) is 0.716. The number of benzene rings is 1. The van der Waals surface area contributed by atoms with Gasteiger partial charge in [-0.3, -0.25) is 0 Å². The van der Waals surface area contributed by atoms with Crippen LogP contribution in [0.25, 0.3) is 0 Å². The Kier molecular flexibility index (Phi) is 3.33. The first-order valence-electron chi connectivity index (χ1n) is 4.27. The minimum atomic E-state index is 0.353. The fourth-order valence-electron chi connectivity index (χ4n) is 1.25. The lowest BCUT2D eigenvalue weighted by Crippen LogP contribution is -1.92. The molecule has 0 aliphatic carbocycles. The van der Waals surface area contributed by atoms with Gasteiger partial charge in [0, 0.05) is 4.47 Å². The lowest BCUT2D eigenvalue weighted by atomic mass is 10.00. The van der Waals surface area contributed by atoms with Crippen LogP contribution in [0.4, 0.5) is 0 Å². The molecule has 65 valence electrons. The normalized spacial score (nSPS) is 10.8. The van der Waals surface area contributed by atoms with Gasteiger partial charge in [0.15, 0.2) is 0 Å². The largest absolute Gasteiger partial charge is 0.0616 e. The van der Waals surface area contributed by atoms with Crippen molar-refractivity contribution in [1.29, 1.82) is 0 Å². The maximum atomic E-state index is 4.01. The Morgan fingerprint density at radius 2 is 2.17 bits per heavy atom. The Morgan fingerprint density at radius 1 is 1.50 bits per heavy atom. The minimum Gasteiger partial charge on any atom is -0.0616 e. The average molecular weight is 226 g/mol. The predicted octanol–water partition coefficient (Wildman–Crippen LogP) is 3.95. The molecule has 0 aliphatic heterocycles. The zero-order chi connectivity index (χ0) is 9.14. The molecule has 1 heteroatoms. The van der Waals surface area contributed by atoms with Crippen molar-refractivity contribution in [2.45, 2.75) is 26.2 Å². The van der Waals surface area contributed by atoms with Crippen molar-refractivity contribution < 1.29 is 0 Å². The molecule has 0 saturated heterocycles. The van der Waals surface area contributed by atoms with Gasteiger partial charge in [-0.1, -0.05) is 48.0 Å². The lowest BCUT2D eigenvalue weighted by Gasteiger charge is -2.10. The zero-order valence-electron chi connectivity index (χ0n) is 7.60. The summed E-state index contributed by atoms with van der Waals surface area (Å²) in [7, 11) is 0. The van der Waals surface area contributed by atoms with Crippen LogP contribution in [-0.4, -0.2) is 0 Å². The second-order valence-corrected chi connectivity index (χ2v) is 3.87. The van der Waals surface area contributed by atoms with E-state index in [-0.39, 0.29) is 0 Å². The molecule has 12 heavy (non-hydrogen) atoms. The maximum Gasteiger partial charge on any atom is 0.0241 e. The number of hydrogen-bond acceptors (Lipinski definition) is 0. The van der Waals surface area contributed by atoms with Gasteiger partial charge in [-0.15, -0.1) is 0 Å². The van der Waals surface area contributed by atoms with Crippen molar-refractivity contribution in [1.82, 2.24) is 0 Å². The van der Waals surface area contributed by atoms with E-state index in [1.54, 1.807) is 0 Å². The van der Waals surface area contributed by atoms with Crippen LogP contribution in [0.5, 0.6) is 0 Å². The van der Waals surface area contributed by atoms with Gasteiger partial charge < -0.3 is 0 Å². The number of rotatable bonds is 2. The molecule has 0 nitrogen and oxygen atoms in total. The summed E-state index contributed by atoms with van der Waals surface area (Å²) in [5, 5.41) is 0. The second-order valence-electron chi connectivity index (χ2n) is 3.07. The van der Waals surface area contributed by atoms with E-state index < -0.39 is 0 Å². The van der Waals surface area contributed by atoms with Gasteiger partial charge in [-0.25, -0.2) is 0 Å². The summed E-state index contributed by atoms with van der Waals surface area (Å²) >= 11 is 3.60. The van der Waals surface area contributed by atoms with E-state index in [0.717, 1.165) is 6.42 Å². The Bertz CT molecular complexity index is 264. The van der Waals surface area contributed by atoms with Crippen molar-refractivity contribution in [2.75, 3.05) is 0 Å². The van der Waals surface area contributed by atoms with E-state index in [1.165, 1.54) is 15.6 Å². The molecule has 1 atom stereocenters. The molecule has 0 amide bonds. The molecule has 1 radical (unpaired) electrons. The van der Waals surface area contributed by atoms with Crippen LogP contribution in [0.2, 0.25) is 0 Å². The standard InChI is InChI=1S/C11H14Br/c1-4-9-6-5-7-10(8(2)3)11(9)12/h5-8H,2,4H2,1,3H3. The molecule has 1 aromatic rings. The first-order valence-corrected chi connectivity index (χ1v) is 5.06. The third kappa shape index (κ3) is 1.89. The fourth-order valence-corrected chi connectivity index (χ4v) is 2.19. The number of aryl methyl sites for hydroxylation is 1. The molecular formula is C11H14Br. The van der Waals surface area contributed by atoms with Crippen molar-refractivity contribution in [3.05, 3.63) is 40.7 Å². The van der Waals surface area contributed by atoms with E-state index in [9.17, 15) is 0 Å². The molecule has 0 aromatic heterocycles. The molecule has 0 aliphatic rings. The molecule has 1 rings (SSSR count). The summed E-state index contributed by atoms with van der Waals surface area (Å²) in [6.07, 6.45) is 1.07. The van der Waals surface area contributed by atoms with Gasteiger partial charge in [0.05, 0.1) is 0 Å². The van der Waals surface area contributed by atoms with Crippen LogP contribution >= 0.6 is 15.9 Å². The fraction of sp³-hybridized carbons (Fsp3) is 0.364. The van der Waals surface area contributed by atoms with Crippen molar-refractivity contribution in [3.8, 4) is 0 Å². The van der Waals surface area contributed by atoms with Crippen LogP contribution in [0, 0.1) is 6.92 Å². The van der Waals surface area contributed by atoms with E-state index in [4.69, 9.17) is 0 Å². The van der Waals surface area contributed by atoms with Gasteiger partial charge in [-0.2, -0.15) is 0 Å². The third-order valence-corrected chi connectivity index (χ3v) is 2.99. The van der Waals surface area contributed by atoms with E-state index >= 15 is 0 Å². The third-order valence-electron chi connectivity index (χ3n) is 2.02. The Morgan fingerprint density at radius 3 is 2.67 bits per heavy atom. The van der Waals surface area contributed by atoms with E-state index in [1.807, 2.05) is 0 Å². The summed E-state index contributed by atoms with van der Waals surface area (Å²) < 4.78 is 1.23. The van der Waals surface area contributed by atoms with Gasteiger partial charge in [0.1, 0.15) is 0 Å². The van der Waals surface area contributed by atoms with Crippen molar-refractivity contribution in [2.24, 2.45) is 0 Å². The molecule has 0 saturated carbocycles. The van der Waals surface area contributed by atoms with Gasteiger partial charge in [-0.05, 0) is 30.4 Å². The van der Waals surface area contributed by atoms with Crippen molar-refractivity contribution >= 4 is 15.9 Å². The highest BCUT2D eigenvalue weighted by Gasteiger charge is 2.06. The highest BCUT2D eigenvalue weighted by molar-refractivity contribution is 9.10. The first kappa shape index (κ1) is 9.79. The van der Waals surface area contributed by atoms with Crippen molar-refractivity contribution in [3.63, 3.8) is 0 Å². The zero-order valence-corrected chi connectivity index (χ0v) is 9.19. The van der Waals surface area contributed by atoms with Crippen LogP contribution in [0.15, 0.2) is 22.7 Å². The highest BCUT2D eigenvalue weighted by atomic mass is 79.9. The smallest absolute Gasteiger partial charge is 0.0241 e. The van der Waals surface area contributed by atoms with E-state index in [2.05, 4.69) is 54.9 Å². The minimum absolute atomic E-state index is 0.353. The number of hydrogen-bond donors (Lipinski definition) is 0. The molecule has 0 fully saturated rings.